The van der Waals surface area contributed by atoms with Crippen LogP contribution in [0.4, 0.5) is 0 Å². The zero-order valence-electron chi connectivity index (χ0n) is 17.4. The molecule has 1 amide bonds. The molecular formula is C22H27N5O3. The molecule has 0 N–H and O–H groups in total. The maximum Gasteiger partial charge on any atom is 0.276 e. The van der Waals surface area contributed by atoms with Crippen molar-refractivity contribution in [1.29, 1.82) is 0 Å². The number of aromatic nitrogens is 2. The number of nitrogens with zero attached hydrogens (tertiary/aromatic N) is 5. The molecule has 1 atom stereocenters. The average Bonchev–Trinajstić information content (AvgIpc) is 3.47. The Morgan fingerprint density at radius 2 is 1.80 bits per heavy atom. The molecule has 4 rings (SSSR count). The Labute approximate surface area is 176 Å². The summed E-state index contributed by atoms with van der Waals surface area (Å²) in [5.74, 6) is 0.366. The van der Waals surface area contributed by atoms with Gasteiger partial charge in [0.2, 0.25) is 5.89 Å². The summed E-state index contributed by atoms with van der Waals surface area (Å²) in [5, 5.41) is 3.90. The first-order valence-electron chi connectivity index (χ1n) is 10.2. The van der Waals surface area contributed by atoms with Gasteiger partial charge in [-0.1, -0.05) is 35.5 Å². The van der Waals surface area contributed by atoms with Crippen LogP contribution in [0.15, 0.2) is 57.9 Å². The van der Waals surface area contributed by atoms with E-state index in [0.717, 1.165) is 32.7 Å². The molecule has 1 aromatic carbocycles. The standard InChI is InChI=1S/C22H27N5O3/c1-17(19-8-13-30-24-19)25(2)22(28)20-16-29-21(23-20)15-27-11-9-26(10-12-27)14-18-6-4-3-5-7-18/h3-8,13,16-17H,9-12,14-15H2,1-2H3/t17-/m1/s1. The third-order valence-corrected chi connectivity index (χ3v) is 5.63. The summed E-state index contributed by atoms with van der Waals surface area (Å²) in [6, 6.07) is 12.1. The van der Waals surface area contributed by atoms with Crippen LogP contribution in [-0.2, 0) is 13.1 Å². The summed E-state index contributed by atoms with van der Waals surface area (Å²) in [5.41, 5.74) is 2.35. The average molecular weight is 409 g/mol. The number of benzene rings is 1. The minimum absolute atomic E-state index is 0.201. The first-order chi connectivity index (χ1) is 14.6. The Morgan fingerprint density at radius 3 is 2.47 bits per heavy atom. The molecule has 0 radical (unpaired) electrons. The first-order valence-corrected chi connectivity index (χ1v) is 10.2. The second-order valence-corrected chi connectivity index (χ2v) is 7.68. The van der Waals surface area contributed by atoms with Crippen LogP contribution in [0.3, 0.4) is 0 Å². The molecule has 0 spiro atoms. The second kappa shape index (κ2) is 9.23. The summed E-state index contributed by atoms with van der Waals surface area (Å²) < 4.78 is 10.5. The van der Waals surface area contributed by atoms with Crippen molar-refractivity contribution < 1.29 is 13.7 Å². The van der Waals surface area contributed by atoms with E-state index < -0.39 is 0 Å². The third kappa shape index (κ3) is 4.77. The van der Waals surface area contributed by atoms with Gasteiger partial charge in [0.05, 0.1) is 12.6 Å². The normalized spacial score (nSPS) is 16.5. The molecule has 0 aliphatic carbocycles. The molecule has 3 aromatic rings. The van der Waals surface area contributed by atoms with Gasteiger partial charge < -0.3 is 13.8 Å². The van der Waals surface area contributed by atoms with Crippen molar-refractivity contribution in [3.8, 4) is 0 Å². The van der Waals surface area contributed by atoms with Crippen LogP contribution >= 0.6 is 0 Å². The molecule has 1 fully saturated rings. The van der Waals surface area contributed by atoms with Crippen LogP contribution in [0.1, 0.15) is 40.6 Å². The topological polar surface area (TPSA) is 78.9 Å². The minimum Gasteiger partial charge on any atom is -0.447 e. The van der Waals surface area contributed by atoms with Gasteiger partial charge >= 0.3 is 0 Å². The number of oxazole rings is 1. The predicted octanol–water partition coefficient (Wildman–Crippen LogP) is 2.81. The highest BCUT2D eigenvalue weighted by Crippen LogP contribution is 2.19. The van der Waals surface area contributed by atoms with Gasteiger partial charge in [0.25, 0.3) is 5.91 Å². The van der Waals surface area contributed by atoms with Gasteiger partial charge in [-0.15, -0.1) is 0 Å². The largest absolute Gasteiger partial charge is 0.447 e. The van der Waals surface area contributed by atoms with Gasteiger partial charge in [-0.2, -0.15) is 0 Å². The van der Waals surface area contributed by atoms with Crippen LogP contribution in [0.2, 0.25) is 0 Å². The van der Waals surface area contributed by atoms with Crippen molar-refractivity contribution >= 4 is 5.91 Å². The highest BCUT2D eigenvalue weighted by atomic mass is 16.5. The summed E-state index contributed by atoms with van der Waals surface area (Å²) in [6.07, 6.45) is 2.94. The summed E-state index contributed by atoms with van der Waals surface area (Å²) in [7, 11) is 1.72. The molecule has 3 heterocycles. The van der Waals surface area contributed by atoms with Crippen LogP contribution in [0, 0.1) is 0 Å². The lowest BCUT2D eigenvalue weighted by molar-refractivity contribution is 0.0731. The fraction of sp³-hybridized carbons (Fsp3) is 0.409. The van der Waals surface area contributed by atoms with E-state index in [1.165, 1.54) is 18.1 Å². The van der Waals surface area contributed by atoms with E-state index in [9.17, 15) is 4.79 Å². The van der Waals surface area contributed by atoms with E-state index in [-0.39, 0.29) is 11.9 Å². The number of carbonyl (C=O) groups excluding carboxylic acids is 1. The van der Waals surface area contributed by atoms with E-state index in [2.05, 4.69) is 44.2 Å². The van der Waals surface area contributed by atoms with Crippen LogP contribution in [0.25, 0.3) is 0 Å². The number of carbonyl (C=O) groups is 1. The van der Waals surface area contributed by atoms with Crippen molar-refractivity contribution in [2.75, 3.05) is 33.2 Å². The number of piperazine rings is 1. The van der Waals surface area contributed by atoms with E-state index >= 15 is 0 Å². The Bertz CT molecular complexity index is 933. The fourth-order valence-corrected chi connectivity index (χ4v) is 3.61. The fourth-order valence-electron chi connectivity index (χ4n) is 3.61. The predicted molar refractivity (Wildman–Crippen MR) is 111 cm³/mol. The molecule has 2 aromatic heterocycles. The Balaban J connectivity index is 1.28. The maximum atomic E-state index is 12.7. The molecule has 0 saturated carbocycles. The Morgan fingerprint density at radius 1 is 1.10 bits per heavy atom. The van der Waals surface area contributed by atoms with E-state index in [4.69, 9.17) is 8.94 Å². The molecule has 8 nitrogen and oxygen atoms in total. The van der Waals surface area contributed by atoms with Crippen molar-refractivity contribution in [2.24, 2.45) is 0 Å². The quantitative estimate of drug-likeness (QED) is 0.594. The molecule has 30 heavy (non-hydrogen) atoms. The molecule has 158 valence electrons. The second-order valence-electron chi connectivity index (χ2n) is 7.68. The van der Waals surface area contributed by atoms with Gasteiger partial charge in [-0.3, -0.25) is 14.6 Å². The lowest BCUT2D eigenvalue weighted by Crippen LogP contribution is -2.45. The van der Waals surface area contributed by atoms with Crippen molar-refractivity contribution in [3.63, 3.8) is 0 Å². The molecule has 1 aliphatic heterocycles. The molecule has 8 heteroatoms. The molecule has 1 saturated heterocycles. The Hall–Kier alpha value is -2.97. The maximum absolute atomic E-state index is 12.7. The number of hydrogen-bond acceptors (Lipinski definition) is 7. The van der Waals surface area contributed by atoms with E-state index in [1.54, 1.807) is 18.0 Å². The van der Waals surface area contributed by atoms with Crippen LogP contribution < -0.4 is 0 Å². The molecular weight excluding hydrogens is 382 g/mol. The number of rotatable bonds is 7. The van der Waals surface area contributed by atoms with Crippen LogP contribution in [-0.4, -0.2) is 64.0 Å². The summed E-state index contributed by atoms with van der Waals surface area (Å²) in [6.45, 7) is 7.37. The molecule has 0 bridgehead atoms. The SMILES string of the molecule is C[C@H](c1ccon1)N(C)C(=O)c1coc(CN2CCN(Cc3ccccc3)CC2)n1. The van der Waals surface area contributed by atoms with Crippen LogP contribution in [0.5, 0.6) is 0 Å². The zero-order valence-corrected chi connectivity index (χ0v) is 17.4. The van der Waals surface area contributed by atoms with Gasteiger partial charge in [-0.05, 0) is 12.5 Å². The summed E-state index contributed by atoms with van der Waals surface area (Å²) in [4.78, 5) is 23.5. The minimum atomic E-state index is -0.214. The monoisotopic (exact) mass is 409 g/mol. The lowest BCUT2D eigenvalue weighted by Gasteiger charge is -2.34. The van der Waals surface area contributed by atoms with E-state index in [0.29, 0.717) is 23.8 Å². The Kier molecular flexibility index (Phi) is 6.25. The smallest absolute Gasteiger partial charge is 0.276 e. The van der Waals surface area contributed by atoms with Crippen molar-refractivity contribution in [3.05, 3.63) is 71.8 Å². The number of amides is 1. The first kappa shape index (κ1) is 20.3. The zero-order chi connectivity index (χ0) is 20.9. The van der Waals surface area contributed by atoms with Gasteiger partial charge in [-0.25, -0.2) is 4.98 Å². The van der Waals surface area contributed by atoms with E-state index in [1.807, 2.05) is 13.0 Å². The summed E-state index contributed by atoms with van der Waals surface area (Å²) >= 11 is 0. The van der Waals surface area contributed by atoms with Gasteiger partial charge in [0.1, 0.15) is 18.2 Å². The lowest BCUT2D eigenvalue weighted by atomic mass is 10.2. The van der Waals surface area contributed by atoms with Crippen molar-refractivity contribution in [1.82, 2.24) is 24.8 Å². The third-order valence-electron chi connectivity index (χ3n) is 5.63. The highest BCUT2D eigenvalue weighted by molar-refractivity contribution is 5.92. The highest BCUT2D eigenvalue weighted by Gasteiger charge is 2.24. The number of hydrogen-bond donors (Lipinski definition) is 0. The molecule has 1 aliphatic rings. The van der Waals surface area contributed by atoms with Crippen molar-refractivity contribution in [2.45, 2.75) is 26.1 Å². The van der Waals surface area contributed by atoms with Gasteiger partial charge in [0.15, 0.2) is 5.69 Å². The van der Waals surface area contributed by atoms with Gasteiger partial charge in [0, 0.05) is 45.8 Å². The molecule has 0 unspecified atom stereocenters.